The van der Waals surface area contributed by atoms with Gasteiger partial charge < -0.3 is 8.80 Å². The van der Waals surface area contributed by atoms with Crippen LogP contribution in [0, 0.1) is 0 Å². The Balaban J connectivity index is 1.00. The number of benzene rings is 14. The molecule has 0 fully saturated rings. The number of rotatable bonds is 4. The van der Waals surface area contributed by atoms with Crippen molar-refractivity contribution in [1.29, 1.82) is 0 Å². The van der Waals surface area contributed by atoms with Crippen molar-refractivity contribution in [2.75, 3.05) is 0 Å². The highest BCUT2D eigenvalue weighted by molar-refractivity contribution is 6.29. The second kappa shape index (κ2) is 14.9. The molecule has 14 aromatic carbocycles. The van der Waals surface area contributed by atoms with Crippen molar-refractivity contribution in [3.63, 3.8) is 0 Å². The van der Waals surface area contributed by atoms with E-state index in [9.17, 15) is 0 Å². The van der Waals surface area contributed by atoms with E-state index in [0.717, 1.165) is 0 Å². The highest BCUT2D eigenvalue weighted by Crippen LogP contribution is 2.51. The van der Waals surface area contributed by atoms with E-state index in [2.05, 4.69) is 264 Å². The van der Waals surface area contributed by atoms with E-state index in [0.29, 0.717) is 0 Å². The normalized spacial score (nSPS) is 12.3. The number of aromatic nitrogens is 2. The molecule has 0 unspecified atom stereocenters. The summed E-state index contributed by atoms with van der Waals surface area (Å²) in [5.74, 6) is 0. The van der Waals surface area contributed by atoms with E-state index < -0.39 is 0 Å². The van der Waals surface area contributed by atoms with Crippen LogP contribution in [-0.4, -0.2) is 8.80 Å². The molecule has 340 valence electrons. The first-order valence-corrected chi connectivity index (χ1v) is 25.8. The molecule has 2 heteroatoms. The van der Waals surface area contributed by atoms with Crippen molar-refractivity contribution < 1.29 is 0 Å². The molecule has 0 saturated carbocycles. The van der Waals surface area contributed by atoms with Gasteiger partial charge in [-0.1, -0.05) is 218 Å². The Bertz CT molecular complexity index is 4800. The minimum atomic E-state index is 1.20. The van der Waals surface area contributed by atoms with Crippen molar-refractivity contribution in [3.05, 3.63) is 255 Å². The summed E-state index contributed by atoms with van der Waals surface area (Å²) < 4.78 is 5.17. The lowest BCUT2D eigenvalue weighted by molar-refractivity contribution is 1.26. The molecule has 0 atom stereocenters. The van der Waals surface area contributed by atoms with Gasteiger partial charge in [-0.25, -0.2) is 0 Å². The van der Waals surface area contributed by atoms with Gasteiger partial charge in [0.2, 0.25) is 0 Å². The largest absolute Gasteiger partial charge is 0.305 e. The molecule has 0 N–H and O–H groups in total. The van der Waals surface area contributed by atoms with Crippen LogP contribution in [0.1, 0.15) is 0 Å². The zero-order valence-corrected chi connectivity index (χ0v) is 40.1. The summed E-state index contributed by atoms with van der Waals surface area (Å²) in [6, 6.07) is 95.5. The molecule has 0 spiro atoms. The summed E-state index contributed by atoms with van der Waals surface area (Å²) in [4.78, 5) is 0. The third-order valence-corrected chi connectivity index (χ3v) is 16.5. The van der Waals surface area contributed by atoms with Crippen LogP contribution < -0.4 is 0 Å². The van der Waals surface area contributed by atoms with Gasteiger partial charge in [-0.05, 0) is 146 Å². The van der Waals surface area contributed by atoms with Crippen molar-refractivity contribution in [3.8, 4) is 44.5 Å². The zero-order chi connectivity index (χ0) is 48.2. The maximum absolute atomic E-state index is 2.59. The van der Waals surface area contributed by atoms with Gasteiger partial charge >= 0.3 is 0 Å². The molecule has 0 aliphatic carbocycles. The fourth-order valence-electron chi connectivity index (χ4n) is 13.6. The van der Waals surface area contributed by atoms with Crippen LogP contribution in [0.3, 0.4) is 0 Å². The summed E-state index contributed by atoms with van der Waals surface area (Å²) in [6.45, 7) is 0. The molecule has 3 aromatic heterocycles. The van der Waals surface area contributed by atoms with Crippen LogP contribution in [0.15, 0.2) is 255 Å². The highest BCUT2D eigenvalue weighted by Gasteiger charge is 2.26. The van der Waals surface area contributed by atoms with Crippen molar-refractivity contribution in [2.24, 2.45) is 0 Å². The Hall–Kier alpha value is -9.76. The smallest absolute Gasteiger partial charge is 0.0783 e. The van der Waals surface area contributed by atoms with Crippen LogP contribution in [0.25, 0.3) is 164 Å². The van der Waals surface area contributed by atoms with Crippen molar-refractivity contribution in [1.82, 2.24) is 8.80 Å². The van der Waals surface area contributed by atoms with Gasteiger partial charge in [-0.3, -0.25) is 0 Å². The predicted octanol–water partition coefficient (Wildman–Crippen LogP) is 19.8. The van der Waals surface area contributed by atoms with Crippen LogP contribution in [0.4, 0.5) is 0 Å². The average molecular weight is 935 g/mol. The van der Waals surface area contributed by atoms with E-state index in [1.807, 2.05) is 0 Å². The predicted molar refractivity (Wildman–Crippen MR) is 316 cm³/mol. The number of hydrogen-bond acceptors (Lipinski definition) is 0. The summed E-state index contributed by atoms with van der Waals surface area (Å²) in [5, 5.41) is 20.0. The maximum Gasteiger partial charge on any atom is 0.0783 e. The Morgan fingerprint density at radius 1 is 0.189 bits per heavy atom. The summed E-state index contributed by atoms with van der Waals surface area (Å²) in [6.07, 6.45) is 0. The van der Waals surface area contributed by atoms with E-state index in [1.54, 1.807) is 0 Å². The summed E-state index contributed by atoms with van der Waals surface area (Å²) in [7, 11) is 0. The van der Waals surface area contributed by atoms with Crippen LogP contribution in [0.2, 0.25) is 0 Å². The average Bonchev–Trinajstić information content (AvgIpc) is 4.02. The molecule has 2 nitrogen and oxygen atoms in total. The lowest BCUT2D eigenvalue weighted by Crippen LogP contribution is -1.99. The zero-order valence-electron chi connectivity index (χ0n) is 40.1. The monoisotopic (exact) mass is 934 g/mol. The topological polar surface area (TPSA) is 8.82 Å². The second-order valence-corrected chi connectivity index (χ2v) is 20.2. The van der Waals surface area contributed by atoms with Crippen LogP contribution in [-0.2, 0) is 0 Å². The molecule has 0 bridgehead atoms. The molecule has 0 aliphatic heterocycles. The van der Waals surface area contributed by atoms with Crippen LogP contribution >= 0.6 is 0 Å². The number of nitrogens with zero attached hydrogens (tertiary/aromatic N) is 2. The standard InChI is InChI=1S/C72H42N2/c1-3-23-47-43(19-1)21-17-35-51(47)69-57-31-9-5-27-53(57)67(54-28-6-10-32-58(54)69)45-39-61-49-25-13-15-37-63(49)74-66-42-46(40-62-50-26-14-16-38-64(50)73(72(62)66)65(41-45)71(61)74)68-55-29-7-11-33-59(55)70(60-34-12-8-30-56(60)68)52-36-18-22-44-20-2-4-24-48(44)52/h1-42H. The molecule has 17 aromatic rings. The number of para-hydroxylation sites is 2. The van der Waals surface area contributed by atoms with Crippen LogP contribution in [0.5, 0.6) is 0 Å². The molecule has 0 radical (unpaired) electrons. The molecular weight excluding hydrogens is 893 g/mol. The Labute approximate surface area is 425 Å². The lowest BCUT2D eigenvalue weighted by atomic mass is 9.84. The fourth-order valence-corrected chi connectivity index (χ4v) is 13.6. The first-order chi connectivity index (χ1) is 36.8. The highest BCUT2D eigenvalue weighted by atomic mass is 15.0. The minimum absolute atomic E-state index is 1.20. The lowest BCUT2D eigenvalue weighted by Gasteiger charge is -2.20. The molecule has 74 heavy (non-hydrogen) atoms. The van der Waals surface area contributed by atoms with E-state index in [4.69, 9.17) is 0 Å². The van der Waals surface area contributed by atoms with Crippen molar-refractivity contribution in [2.45, 2.75) is 0 Å². The van der Waals surface area contributed by atoms with Gasteiger partial charge in [-0.2, -0.15) is 0 Å². The van der Waals surface area contributed by atoms with Gasteiger partial charge in [-0.15, -0.1) is 0 Å². The first kappa shape index (κ1) is 39.9. The second-order valence-electron chi connectivity index (χ2n) is 20.2. The first-order valence-electron chi connectivity index (χ1n) is 25.8. The number of fused-ring (bicyclic) bond motifs is 14. The molecule has 0 amide bonds. The molecule has 0 aliphatic rings. The third-order valence-electron chi connectivity index (χ3n) is 16.5. The van der Waals surface area contributed by atoms with Gasteiger partial charge in [0.1, 0.15) is 0 Å². The Morgan fingerprint density at radius 3 is 0.838 bits per heavy atom. The van der Waals surface area contributed by atoms with E-state index >= 15 is 0 Å². The van der Waals surface area contributed by atoms with Gasteiger partial charge in [0.05, 0.1) is 33.1 Å². The van der Waals surface area contributed by atoms with Crippen molar-refractivity contribution >= 4 is 119 Å². The fraction of sp³-hybridized carbons (Fsp3) is 0. The van der Waals surface area contributed by atoms with Gasteiger partial charge in [0.15, 0.2) is 0 Å². The number of hydrogen-bond donors (Lipinski definition) is 0. The molecular formula is C72H42N2. The summed E-state index contributed by atoms with van der Waals surface area (Å²) >= 11 is 0. The SMILES string of the molecule is c1ccc2c(-c3c4ccccc4c(-c4cc5c6ccccc6n6c7cc(-c8c9ccccc9c(-c9cccc%10ccccc9%10)c9ccccc89)cc8c9ccccc9n(c(c4)c56)c87)c4ccccc34)cccc2c1. The van der Waals surface area contributed by atoms with Gasteiger partial charge in [0, 0.05) is 21.5 Å². The third kappa shape index (κ3) is 5.28. The van der Waals surface area contributed by atoms with E-state index in [1.165, 1.54) is 164 Å². The molecule has 0 saturated heterocycles. The van der Waals surface area contributed by atoms with Gasteiger partial charge in [0.25, 0.3) is 0 Å². The molecule has 17 rings (SSSR count). The minimum Gasteiger partial charge on any atom is -0.305 e. The Kier molecular flexibility index (Phi) is 8.03. The summed E-state index contributed by atoms with van der Waals surface area (Å²) in [5.41, 5.74) is 17.3. The van der Waals surface area contributed by atoms with E-state index in [-0.39, 0.29) is 0 Å². The quantitative estimate of drug-likeness (QED) is 0.156. The maximum atomic E-state index is 2.59. The molecule has 3 heterocycles. The Morgan fingerprint density at radius 2 is 0.473 bits per heavy atom.